The van der Waals surface area contributed by atoms with E-state index < -0.39 is 0 Å². The molecule has 1 aliphatic heterocycles. The lowest BCUT2D eigenvalue weighted by molar-refractivity contribution is -0.126. The minimum Gasteiger partial charge on any atom is -0.356 e. The summed E-state index contributed by atoms with van der Waals surface area (Å²) in [5.41, 5.74) is 3.19. The zero-order chi connectivity index (χ0) is 16.1. The van der Waals surface area contributed by atoms with Crippen molar-refractivity contribution in [3.63, 3.8) is 0 Å². The van der Waals surface area contributed by atoms with Crippen LogP contribution in [-0.4, -0.2) is 38.5 Å². The average Bonchev–Trinajstić information content (AvgIpc) is 2.88. The van der Waals surface area contributed by atoms with Crippen molar-refractivity contribution in [1.82, 2.24) is 10.6 Å². The molecule has 128 valence electrons. The number of nitrogens with zero attached hydrogens (tertiary/aromatic N) is 1. The van der Waals surface area contributed by atoms with E-state index in [0.717, 1.165) is 29.8 Å². The number of carbonyl (C=O) groups excluding carboxylic acids is 2. The first kappa shape index (κ1) is 19.5. The second-order valence-electron chi connectivity index (χ2n) is 5.87. The van der Waals surface area contributed by atoms with Gasteiger partial charge in [-0.05, 0) is 51.1 Å². The van der Waals surface area contributed by atoms with Gasteiger partial charge in [0.2, 0.25) is 11.8 Å². The molecule has 6 heteroatoms. The van der Waals surface area contributed by atoms with Gasteiger partial charge < -0.3 is 15.5 Å². The maximum atomic E-state index is 12.3. The summed E-state index contributed by atoms with van der Waals surface area (Å²) < 4.78 is 0. The molecule has 1 atom stereocenters. The molecule has 1 fully saturated rings. The van der Waals surface area contributed by atoms with Crippen LogP contribution in [0.4, 0.5) is 5.69 Å². The van der Waals surface area contributed by atoms with Crippen LogP contribution < -0.4 is 15.5 Å². The Bertz CT molecular complexity index is 563. The number of benzene rings is 1. The van der Waals surface area contributed by atoms with Gasteiger partial charge in [-0.2, -0.15) is 0 Å². The first-order valence-corrected chi connectivity index (χ1v) is 7.83. The zero-order valence-electron chi connectivity index (χ0n) is 14.0. The van der Waals surface area contributed by atoms with E-state index in [0.29, 0.717) is 19.5 Å². The monoisotopic (exact) mass is 339 g/mol. The van der Waals surface area contributed by atoms with Gasteiger partial charge in [0.05, 0.1) is 5.92 Å². The lowest BCUT2D eigenvalue weighted by atomic mass is 10.1. The molecule has 0 radical (unpaired) electrons. The highest BCUT2D eigenvalue weighted by Gasteiger charge is 2.35. The van der Waals surface area contributed by atoms with Gasteiger partial charge in [-0.3, -0.25) is 9.59 Å². The zero-order valence-corrected chi connectivity index (χ0v) is 14.8. The number of nitrogens with one attached hydrogen (secondary N) is 2. The molecule has 0 saturated carbocycles. The lowest BCUT2D eigenvalue weighted by Crippen LogP contribution is -2.34. The van der Waals surface area contributed by atoms with Gasteiger partial charge in [0, 0.05) is 25.2 Å². The van der Waals surface area contributed by atoms with Crippen LogP contribution in [-0.2, 0) is 9.59 Å². The van der Waals surface area contributed by atoms with Gasteiger partial charge in [-0.1, -0.05) is 12.1 Å². The molecular weight excluding hydrogens is 314 g/mol. The summed E-state index contributed by atoms with van der Waals surface area (Å²) in [7, 11) is 1.89. The van der Waals surface area contributed by atoms with Gasteiger partial charge in [0.15, 0.2) is 0 Å². The van der Waals surface area contributed by atoms with E-state index >= 15 is 0 Å². The van der Waals surface area contributed by atoms with Crippen LogP contribution in [0.15, 0.2) is 18.2 Å². The van der Waals surface area contributed by atoms with Crippen molar-refractivity contribution in [3.8, 4) is 0 Å². The largest absolute Gasteiger partial charge is 0.356 e. The van der Waals surface area contributed by atoms with Crippen molar-refractivity contribution in [1.29, 1.82) is 0 Å². The molecule has 2 rings (SSSR count). The van der Waals surface area contributed by atoms with E-state index in [2.05, 4.69) is 10.6 Å². The summed E-state index contributed by atoms with van der Waals surface area (Å²) in [6.07, 6.45) is 1.19. The number of rotatable bonds is 6. The molecule has 5 nitrogen and oxygen atoms in total. The van der Waals surface area contributed by atoms with Crippen LogP contribution in [0.3, 0.4) is 0 Å². The first-order chi connectivity index (χ1) is 10.5. The summed E-state index contributed by atoms with van der Waals surface area (Å²) in [5.74, 6) is -0.233. The molecule has 1 unspecified atom stereocenters. The highest BCUT2D eigenvalue weighted by Crippen LogP contribution is 2.29. The average molecular weight is 340 g/mol. The minimum absolute atomic E-state index is 0. The SMILES string of the molecule is CNCCCNC(=O)C1CC(=O)N(c2cccc(C)c2C)C1.Cl. The predicted octanol–water partition coefficient (Wildman–Crippen LogP) is 1.80. The molecule has 1 aromatic carbocycles. The van der Waals surface area contributed by atoms with Crippen LogP contribution in [0.25, 0.3) is 0 Å². The molecule has 0 aromatic heterocycles. The normalized spacial score (nSPS) is 17.1. The van der Waals surface area contributed by atoms with Crippen molar-refractivity contribution in [2.24, 2.45) is 5.92 Å². The number of halogens is 1. The lowest BCUT2D eigenvalue weighted by Gasteiger charge is -2.20. The summed E-state index contributed by atoms with van der Waals surface area (Å²) in [6, 6.07) is 5.94. The Morgan fingerprint density at radius 1 is 1.30 bits per heavy atom. The quantitative estimate of drug-likeness (QED) is 0.777. The molecule has 0 spiro atoms. The maximum absolute atomic E-state index is 12.3. The third kappa shape index (κ3) is 4.69. The topological polar surface area (TPSA) is 61.4 Å². The van der Waals surface area contributed by atoms with Gasteiger partial charge in [-0.15, -0.1) is 12.4 Å². The summed E-state index contributed by atoms with van der Waals surface area (Å²) >= 11 is 0. The van der Waals surface area contributed by atoms with E-state index in [-0.39, 0.29) is 30.1 Å². The number of hydrogen-bond donors (Lipinski definition) is 2. The third-order valence-corrected chi connectivity index (χ3v) is 4.27. The van der Waals surface area contributed by atoms with Crippen molar-refractivity contribution in [3.05, 3.63) is 29.3 Å². The highest BCUT2D eigenvalue weighted by molar-refractivity contribution is 6.00. The van der Waals surface area contributed by atoms with Gasteiger partial charge >= 0.3 is 0 Å². The molecule has 2 N–H and O–H groups in total. The van der Waals surface area contributed by atoms with Crippen molar-refractivity contribution >= 4 is 29.9 Å². The highest BCUT2D eigenvalue weighted by atomic mass is 35.5. The summed E-state index contributed by atoms with van der Waals surface area (Å²) in [6.45, 7) is 6.04. The Kier molecular flexibility index (Phi) is 7.52. The van der Waals surface area contributed by atoms with Crippen LogP contribution in [0.1, 0.15) is 24.0 Å². The fourth-order valence-corrected chi connectivity index (χ4v) is 2.77. The van der Waals surface area contributed by atoms with Gasteiger partial charge in [0.1, 0.15) is 0 Å². The van der Waals surface area contributed by atoms with Crippen molar-refractivity contribution in [2.75, 3.05) is 31.6 Å². The fraction of sp³-hybridized carbons (Fsp3) is 0.529. The second-order valence-corrected chi connectivity index (χ2v) is 5.87. The molecule has 1 heterocycles. The standard InChI is InChI=1S/C17H25N3O2.ClH/c1-12-6-4-7-15(13(12)2)20-11-14(10-16(20)21)17(22)19-9-5-8-18-3;/h4,6-7,14,18H,5,8-11H2,1-3H3,(H,19,22);1H. The van der Waals surface area contributed by atoms with Crippen LogP contribution in [0.2, 0.25) is 0 Å². The van der Waals surface area contributed by atoms with Crippen molar-refractivity contribution in [2.45, 2.75) is 26.7 Å². The smallest absolute Gasteiger partial charge is 0.227 e. The molecule has 0 aliphatic carbocycles. The van der Waals surface area contributed by atoms with Crippen LogP contribution in [0, 0.1) is 19.8 Å². The number of aryl methyl sites for hydroxylation is 1. The molecule has 1 aromatic rings. The molecule has 0 bridgehead atoms. The Morgan fingerprint density at radius 3 is 2.74 bits per heavy atom. The molecular formula is C17H26ClN3O2. The van der Waals surface area contributed by atoms with E-state index in [1.807, 2.05) is 39.1 Å². The van der Waals surface area contributed by atoms with E-state index in [9.17, 15) is 9.59 Å². The molecule has 1 aliphatic rings. The molecule has 1 saturated heterocycles. The molecule has 23 heavy (non-hydrogen) atoms. The predicted molar refractivity (Wildman–Crippen MR) is 95.2 cm³/mol. The molecule has 2 amide bonds. The number of anilines is 1. The Hall–Kier alpha value is -1.59. The minimum atomic E-state index is -0.248. The number of carbonyl (C=O) groups is 2. The van der Waals surface area contributed by atoms with Gasteiger partial charge in [-0.25, -0.2) is 0 Å². The van der Waals surface area contributed by atoms with Crippen molar-refractivity contribution < 1.29 is 9.59 Å². The third-order valence-electron chi connectivity index (χ3n) is 4.27. The summed E-state index contributed by atoms with van der Waals surface area (Å²) in [4.78, 5) is 26.2. The summed E-state index contributed by atoms with van der Waals surface area (Å²) in [5, 5.41) is 5.96. The van der Waals surface area contributed by atoms with Crippen LogP contribution in [0.5, 0.6) is 0 Å². The van der Waals surface area contributed by atoms with E-state index in [1.54, 1.807) is 4.90 Å². The first-order valence-electron chi connectivity index (χ1n) is 7.83. The second kappa shape index (κ2) is 8.89. The van der Waals surface area contributed by atoms with E-state index in [1.165, 1.54) is 0 Å². The Balaban J connectivity index is 0.00000264. The Morgan fingerprint density at radius 2 is 2.04 bits per heavy atom. The fourth-order valence-electron chi connectivity index (χ4n) is 2.77. The van der Waals surface area contributed by atoms with E-state index in [4.69, 9.17) is 0 Å². The van der Waals surface area contributed by atoms with Crippen LogP contribution >= 0.6 is 12.4 Å². The van der Waals surface area contributed by atoms with Gasteiger partial charge in [0.25, 0.3) is 0 Å². The maximum Gasteiger partial charge on any atom is 0.227 e. The number of amides is 2. The number of hydrogen-bond acceptors (Lipinski definition) is 3. The Labute approximate surface area is 144 Å².